The fourth-order valence-corrected chi connectivity index (χ4v) is 5.09. The first kappa shape index (κ1) is 35.4. The van der Waals surface area contributed by atoms with Gasteiger partial charge in [-0.15, -0.1) is 52.6 Å². The van der Waals surface area contributed by atoms with Crippen molar-refractivity contribution < 1.29 is 56.0 Å². The molecule has 0 spiro atoms. The summed E-state index contributed by atoms with van der Waals surface area (Å²) in [4.78, 5) is 6.61. The molecule has 8 heteroatoms. The van der Waals surface area contributed by atoms with Crippen molar-refractivity contribution >= 4 is 23.5 Å². The Kier molecular flexibility index (Phi) is 13.1. The Labute approximate surface area is 308 Å². The van der Waals surface area contributed by atoms with Crippen LogP contribution in [-0.4, -0.2) is 31.8 Å². The van der Waals surface area contributed by atoms with Crippen LogP contribution < -0.4 is 4.74 Å². The number of rotatable bonds is 7. The maximum atomic E-state index is 6.57. The smallest absolute Gasteiger partial charge is 0.669 e. The minimum atomic E-state index is 0. The van der Waals surface area contributed by atoms with Crippen molar-refractivity contribution in [3.05, 3.63) is 165 Å². The third-order valence-electron chi connectivity index (χ3n) is 6.38. The third-order valence-corrected chi connectivity index (χ3v) is 7.31. The molecule has 0 saturated heterocycles. The van der Waals surface area contributed by atoms with E-state index < -0.39 is 0 Å². The first-order chi connectivity index (χ1) is 22.1. The number of hydrogen-bond acceptors (Lipinski definition) is 3. The van der Waals surface area contributed by atoms with Gasteiger partial charge in [-0.3, -0.25) is 11.1 Å². The zero-order valence-corrected chi connectivity index (χ0v) is 30.2. The molecule has 0 fully saturated rings. The van der Waals surface area contributed by atoms with Gasteiger partial charge in [0.25, 0.3) is 6.20 Å². The topological polar surface area (TPSA) is 33.1 Å². The van der Waals surface area contributed by atoms with Crippen LogP contribution in [0.3, 0.4) is 0 Å². The number of nitrogens with zero attached hydrogens (tertiary/aromatic N) is 4. The molecule has 6 aromatic rings. The molecule has 2 aromatic heterocycles. The summed E-state index contributed by atoms with van der Waals surface area (Å²) in [5.74, 6) is 1.17. The van der Waals surface area contributed by atoms with Gasteiger partial charge in [-0.05, 0) is 12.1 Å². The maximum absolute atomic E-state index is 6.57. The molecule has 5 nitrogen and oxygen atoms in total. The first-order valence-electron chi connectivity index (χ1n) is 13.9. The molecule has 230 valence electrons. The van der Waals surface area contributed by atoms with Gasteiger partial charge in [-0.1, -0.05) is 44.1 Å². The normalized spacial score (nSPS) is 11.1. The zero-order chi connectivity index (χ0) is 30.8. The van der Waals surface area contributed by atoms with Crippen LogP contribution in [0.1, 0.15) is 0 Å². The number of pyridine rings is 1. The quantitative estimate of drug-likeness (QED) is 0.0921. The minimum Gasteiger partial charge on any atom is -0.669 e. The standard InChI is InChI=1S/C33H20N3OS.C6H4N.2Pt/c1-35-18-19-36(24-35)28-10-7-12-30(23-28)37-29-11-5-9-27(20-29)33-22-26(16-17-34-33)25-8-6-15-32(21-25)38-31-13-3-2-4-14-31;1-2-7-5-3-4-6-7;;/h2-13,15,17-19,22H,1H3;3-6H;;/q-3;-1;+2;+4. The van der Waals surface area contributed by atoms with Crippen molar-refractivity contribution in [2.45, 2.75) is 9.79 Å². The van der Waals surface area contributed by atoms with Crippen molar-refractivity contribution in [1.82, 2.24) is 9.55 Å². The number of benzene rings is 4. The Morgan fingerprint density at radius 3 is 2.28 bits per heavy atom. The Bertz CT molecular complexity index is 2080. The number of aromatic nitrogens is 2. The van der Waals surface area contributed by atoms with Gasteiger partial charge in [-0.2, -0.15) is 48.5 Å². The van der Waals surface area contributed by atoms with Gasteiger partial charge in [0.15, 0.2) is 7.05 Å². The molecule has 0 amide bonds. The van der Waals surface area contributed by atoms with E-state index in [9.17, 15) is 0 Å². The number of hydrogen-bond donors (Lipinski definition) is 0. The van der Waals surface area contributed by atoms with Crippen molar-refractivity contribution in [3.8, 4) is 39.9 Å². The molecule has 1 aliphatic rings. The van der Waals surface area contributed by atoms with Crippen LogP contribution in [0.15, 0.2) is 138 Å². The van der Waals surface area contributed by atoms with Crippen LogP contribution in [0.5, 0.6) is 11.5 Å². The molecule has 3 heterocycles. The molecule has 4 aromatic carbocycles. The maximum Gasteiger partial charge on any atom is 4.00 e. The minimum absolute atomic E-state index is 0. The molecule has 0 atom stereocenters. The first-order valence-corrected chi connectivity index (χ1v) is 14.7. The average Bonchev–Trinajstić information content (AvgIpc) is 3.78. The Balaban J connectivity index is 0.000000495. The molecular formula is C39H24N4OPt2S+2. The van der Waals surface area contributed by atoms with E-state index in [2.05, 4.69) is 47.4 Å². The molecule has 47 heavy (non-hydrogen) atoms. The summed E-state index contributed by atoms with van der Waals surface area (Å²) in [6.07, 6.45) is 15.6. The summed E-state index contributed by atoms with van der Waals surface area (Å²) >= 11 is 1.63. The molecule has 0 bridgehead atoms. The summed E-state index contributed by atoms with van der Waals surface area (Å²) in [7, 11) is 1.93. The van der Waals surface area contributed by atoms with Crippen LogP contribution in [-0.2, 0) is 42.1 Å². The summed E-state index contributed by atoms with van der Waals surface area (Å²) in [6.45, 7) is 0. The summed E-state index contributed by atoms with van der Waals surface area (Å²) in [5, 5.41) is 0. The summed E-state index contributed by atoms with van der Waals surface area (Å²) in [6, 6.07) is 53.2. The van der Waals surface area contributed by atoms with Gasteiger partial charge >= 0.3 is 48.1 Å². The zero-order valence-electron chi connectivity index (χ0n) is 24.9. The van der Waals surface area contributed by atoms with Gasteiger partial charge in [-0.25, -0.2) is 24.2 Å². The predicted octanol–water partition coefficient (Wildman–Crippen LogP) is 8.18. The molecule has 0 saturated carbocycles. The second-order valence-electron chi connectivity index (χ2n) is 9.62. The molecule has 0 N–H and O–H groups in total. The van der Waals surface area contributed by atoms with E-state index in [1.807, 2.05) is 126 Å². The van der Waals surface area contributed by atoms with E-state index in [0.29, 0.717) is 11.5 Å². The molecule has 7 rings (SSSR count). The van der Waals surface area contributed by atoms with Crippen LogP contribution in [0.25, 0.3) is 22.4 Å². The van der Waals surface area contributed by atoms with Crippen LogP contribution in [0.2, 0.25) is 0 Å². The largest absolute Gasteiger partial charge is 4.00 e. The van der Waals surface area contributed by atoms with Crippen molar-refractivity contribution in [2.75, 3.05) is 7.05 Å². The van der Waals surface area contributed by atoms with Gasteiger partial charge in [0.05, 0.1) is 0 Å². The Morgan fingerprint density at radius 2 is 1.55 bits per heavy atom. The number of ether oxygens (including phenoxy) is 1. The van der Waals surface area contributed by atoms with Gasteiger partial charge in [0.1, 0.15) is 5.69 Å². The van der Waals surface area contributed by atoms with Gasteiger partial charge < -0.3 is 20.7 Å². The molecule has 1 aliphatic heterocycles. The second kappa shape index (κ2) is 17.4. The Hall–Kier alpha value is -4.48. The van der Waals surface area contributed by atoms with Crippen molar-refractivity contribution in [3.63, 3.8) is 0 Å². The van der Waals surface area contributed by atoms with Crippen molar-refractivity contribution in [2.24, 2.45) is 0 Å². The Morgan fingerprint density at radius 1 is 0.809 bits per heavy atom. The van der Waals surface area contributed by atoms with E-state index in [-0.39, 0.29) is 42.1 Å². The molecule has 0 aliphatic carbocycles. The van der Waals surface area contributed by atoms with E-state index in [0.717, 1.165) is 37.9 Å². The third kappa shape index (κ3) is 9.76. The SMILES string of the molecule is C[N+]1=C=[N+](c2[c-]c(Oc3[c-]c(-c4cc(-c5[c-]c(Sc6[c-]cccc6)ccc5)[c-]cn4)ccc3)ccc2)C=C1.[C-]#Cn1cccc1.[Pt+2].[Pt+4]. The fraction of sp³-hybridized carbons (Fsp3) is 0.0256. The fourth-order valence-electron chi connectivity index (χ4n) is 4.27. The van der Waals surface area contributed by atoms with Gasteiger partial charge in [0.2, 0.25) is 6.20 Å². The van der Waals surface area contributed by atoms with E-state index in [4.69, 9.17) is 11.2 Å². The van der Waals surface area contributed by atoms with Crippen LogP contribution >= 0.6 is 11.8 Å². The van der Waals surface area contributed by atoms with E-state index in [1.54, 1.807) is 34.9 Å². The van der Waals surface area contributed by atoms with E-state index >= 15 is 0 Å². The van der Waals surface area contributed by atoms with Crippen LogP contribution in [0.4, 0.5) is 5.69 Å². The monoisotopic (exact) mass is 986 g/mol. The average molecular weight is 987 g/mol. The molecular weight excluding hydrogens is 963 g/mol. The molecule has 0 unspecified atom stereocenters. The second-order valence-corrected chi connectivity index (χ2v) is 10.7. The van der Waals surface area contributed by atoms with Crippen LogP contribution in [0, 0.1) is 42.8 Å². The summed E-state index contributed by atoms with van der Waals surface area (Å²) in [5.41, 5.74) is 4.30. The summed E-state index contributed by atoms with van der Waals surface area (Å²) < 4.78 is 11.4. The van der Waals surface area contributed by atoms with Crippen molar-refractivity contribution in [1.29, 1.82) is 0 Å². The predicted molar refractivity (Wildman–Crippen MR) is 174 cm³/mol. The van der Waals surface area contributed by atoms with Gasteiger partial charge in [0, 0.05) is 23.9 Å². The van der Waals surface area contributed by atoms with E-state index in [1.165, 1.54) is 0 Å². The molecule has 0 radical (unpaired) electrons.